The number of benzene rings is 1. The second-order valence-electron chi connectivity index (χ2n) is 3.11. The third-order valence-electron chi connectivity index (χ3n) is 1.81. The Labute approximate surface area is 81.5 Å². The van der Waals surface area contributed by atoms with Gasteiger partial charge in [-0.25, -0.2) is 0 Å². The summed E-state index contributed by atoms with van der Waals surface area (Å²) in [7, 11) is 0. The lowest BCUT2D eigenvalue weighted by Gasteiger charge is -2.05. The van der Waals surface area contributed by atoms with Crippen molar-refractivity contribution in [1.29, 1.82) is 0 Å². The largest absolute Gasteiger partial charge is 0.272 e. The van der Waals surface area contributed by atoms with Gasteiger partial charge in [0, 0.05) is 16.7 Å². The summed E-state index contributed by atoms with van der Waals surface area (Å²) in [6.45, 7) is 3.80. The van der Waals surface area contributed by atoms with Gasteiger partial charge in [0.2, 0.25) is 0 Å². The van der Waals surface area contributed by atoms with Crippen LogP contribution in [0.1, 0.15) is 25.3 Å². The van der Waals surface area contributed by atoms with Crippen LogP contribution in [0, 0.1) is 10.1 Å². The topological polar surface area (TPSA) is 43.1 Å². The molecule has 0 unspecified atom stereocenters. The number of hydrogen-bond acceptors (Lipinski definition) is 2. The second-order valence-corrected chi connectivity index (χ2v) is 3.55. The van der Waals surface area contributed by atoms with E-state index in [1.165, 1.54) is 12.1 Å². The Kier molecular flexibility index (Phi) is 2.88. The van der Waals surface area contributed by atoms with Gasteiger partial charge >= 0.3 is 0 Å². The SMILES string of the molecule is CC(C)c1cc(Cl)ccc1[N+](=O)[O-]. The molecule has 1 aromatic carbocycles. The van der Waals surface area contributed by atoms with Crippen LogP contribution in [0.2, 0.25) is 5.02 Å². The summed E-state index contributed by atoms with van der Waals surface area (Å²) in [6.07, 6.45) is 0. The van der Waals surface area contributed by atoms with Gasteiger partial charge in [-0.1, -0.05) is 25.4 Å². The molecule has 0 spiro atoms. The lowest BCUT2D eigenvalue weighted by Crippen LogP contribution is -1.96. The maximum absolute atomic E-state index is 10.6. The number of rotatable bonds is 2. The molecule has 0 atom stereocenters. The van der Waals surface area contributed by atoms with Crippen LogP contribution < -0.4 is 0 Å². The van der Waals surface area contributed by atoms with Crippen LogP contribution in [0.4, 0.5) is 5.69 Å². The number of nitro benzene ring substituents is 1. The van der Waals surface area contributed by atoms with Crippen LogP contribution >= 0.6 is 11.6 Å². The lowest BCUT2D eigenvalue weighted by molar-refractivity contribution is -0.385. The van der Waals surface area contributed by atoms with Gasteiger partial charge in [-0.15, -0.1) is 0 Å². The van der Waals surface area contributed by atoms with Gasteiger partial charge in [-0.2, -0.15) is 0 Å². The first-order chi connectivity index (χ1) is 6.02. The molecule has 4 heteroatoms. The highest BCUT2D eigenvalue weighted by molar-refractivity contribution is 6.30. The van der Waals surface area contributed by atoms with Crippen LogP contribution in [0.25, 0.3) is 0 Å². The Bertz CT molecular complexity index is 336. The molecule has 0 amide bonds. The van der Waals surface area contributed by atoms with E-state index in [4.69, 9.17) is 11.6 Å². The van der Waals surface area contributed by atoms with Crippen LogP contribution in [0.5, 0.6) is 0 Å². The van der Waals surface area contributed by atoms with E-state index in [9.17, 15) is 10.1 Å². The number of halogens is 1. The molecule has 3 nitrogen and oxygen atoms in total. The third kappa shape index (κ3) is 2.18. The van der Waals surface area contributed by atoms with Gasteiger partial charge in [-0.3, -0.25) is 10.1 Å². The average Bonchev–Trinajstić information content (AvgIpc) is 2.03. The van der Waals surface area contributed by atoms with Gasteiger partial charge in [0.25, 0.3) is 5.69 Å². The number of nitro groups is 1. The highest BCUT2D eigenvalue weighted by atomic mass is 35.5. The highest BCUT2D eigenvalue weighted by Crippen LogP contribution is 2.28. The van der Waals surface area contributed by atoms with Crippen LogP contribution in [0.15, 0.2) is 18.2 Å². The number of hydrogen-bond donors (Lipinski definition) is 0. The Morgan fingerprint density at radius 3 is 2.54 bits per heavy atom. The standard InChI is InChI=1S/C9H10ClNO2/c1-6(2)8-5-7(10)3-4-9(8)11(12)13/h3-6H,1-2H3. The summed E-state index contributed by atoms with van der Waals surface area (Å²) in [6, 6.07) is 4.62. The fraction of sp³-hybridized carbons (Fsp3) is 0.333. The minimum absolute atomic E-state index is 0.110. The monoisotopic (exact) mass is 199 g/mol. The average molecular weight is 200 g/mol. The molecular formula is C9H10ClNO2. The van der Waals surface area contributed by atoms with E-state index >= 15 is 0 Å². The zero-order valence-electron chi connectivity index (χ0n) is 7.45. The molecule has 0 aliphatic rings. The van der Waals surface area contributed by atoms with E-state index < -0.39 is 0 Å². The first-order valence-electron chi connectivity index (χ1n) is 3.96. The molecule has 70 valence electrons. The predicted octanol–water partition coefficient (Wildman–Crippen LogP) is 3.37. The zero-order chi connectivity index (χ0) is 10.0. The summed E-state index contributed by atoms with van der Waals surface area (Å²) in [5.74, 6) is 0.110. The summed E-state index contributed by atoms with van der Waals surface area (Å²) in [4.78, 5) is 10.2. The van der Waals surface area contributed by atoms with Crippen molar-refractivity contribution in [3.63, 3.8) is 0 Å². The van der Waals surface area contributed by atoms with Crippen LogP contribution in [-0.4, -0.2) is 4.92 Å². The molecule has 0 N–H and O–H groups in total. The Morgan fingerprint density at radius 2 is 2.08 bits per heavy atom. The summed E-state index contributed by atoms with van der Waals surface area (Å²) >= 11 is 5.74. The van der Waals surface area contributed by atoms with Crippen molar-refractivity contribution in [2.24, 2.45) is 0 Å². The minimum atomic E-state index is -0.383. The molecule has 0 fully saturated rings. The van der Waals surface area contributed by atoms with Crippen molar-refractivity contribution in [3.05, 3.63) is 38.9 Å². The summed E-state index contributed by atoms with van der Waals surface area (Å²) in [5.41, 5.74) is 0.817. The van der Waals surface area contributed by atoms with Crippen molar-refractivity contribution in [2.75, 3.05) is 0 Å². The molecule has 13 heavy (non-hydrogen) atoms. The molecule has 0 saturated carbocycles. The Morgan fingerprint density at radius 1 is 1.46 bits per heavy atom. The molecular weight excluding hydrogens is 190 g/mol. The minimum Gasteiger partial charge on any atom is -0.258 e. The number of nitrogens with zero attached hydrogens (tertiary/aromatic N) is 1. The van der Waals surface area contributed by atoms with Crippen molar-refractivity contribution in [3.8, 4) is 0 Å². The van der Waals surface area contributed by atoms with Crippen molar-refractivity contribution < 1.29 is 4.92 Å². The maximum atomic E-state index is 10.6. The highest BCUT2D eigenvalue weighted by Gasteiger charge is 2.15. The molecule has 0 aliphatic carbocycles. The Balaban J connectivity index is 3.26. The maximum Gasteiger partial charge on any atom is 0.272 e. The molecule has 0 saturated heterocycles. The van der Waals surface area contributed by atoms with Gasteiger partial charge in [0.05, 0.1) is 4.92 Å². The first kappa shape index (κ1) is 9.99. The normalized spacial score (nSPS) is 10.5. The van der Waals surface area contributed by atoms with Crippen LogP contribution in [0.3, 0.4) is 0 Å². The molecule has 0 heterocycles. The van der Waals surface area contributed by atoms with E-state index in [-0.39, 0.29) is 16.5 Å². The van der Waals surface area contributed by atoms with Crippen molar-refractivity contribution in [1.82, 2.24) is 0 Å². The van der Waals surface area contributed by atoms with Gasteiger partial charge in [0.15, 0.2) is 0 Å². The summed E-state index contributed by atoms with van der Waals surface area (Å²) in [5, 5.41) is 11.1. The van der Waals surface area contributed by atoms with Crippen LogP contribution in [-0.2, 0) is 0 Å². The molecule has 0 bridgehead atoms. The van der Waals surface area contributed by atoms with Crippen molar-refractivity contribution in [2.45, 2.75) is 19.8 Å². The zero-order valence-corrected chi connectivity index (χ0v) is 8.21. The molecule has 0 aromatic heterocycles. The van der Waals surface area contributed by atoms with Gasteiger partial charge in [0.1, 0.15) is 0 Å². The van der Waals surface area contributed by atoms with E-state index in [1.54, 1.807) is 6.07 Å². The molecule has 0 radical (unpaired) electrons. The fourth-order valence-electron chi connectivity index (χ4n) is 1.15. The predicted molar refractivity (Wildman–Crippen MR) is 52.2 cm³/mol. The smallest absolute Gasteiger partial charge is 0.258 e. The molecule has 1 rings (SSSR count). The first-order valence-corrected chi connectivity index (χ1v) is 4.34. The van der Waals surface area contributed by atoms with E-state index in [1.807, 2.05) is 13.8 Å². The second kappa shape index (κ2) is 3.75. The lowest BCUT2D eigenvalue weighted by atomic mass is 10.0. The van der Waals surface area contributed by atoms with Gasteiger partial charge < -0.3 is 0 Å². The van der Waals surface area contributed by atoms with Crippen molar-refractivity contribution >= 4 is 17.3 Å². The van der Waals surface area contributed by atoms with E-state index in [0.717, 1.165) is 0 Å². The van der Waals surface area contributed by atoms with Gasteiger partial charge in [-0.05, 0) is 18.1 Å². The Hall–Kier alpha value is -1.09. The third-order valence-corrected chi connectivity index (χ3v) is 2.04. The fourth-order valence-corrected chi connectivity index (χ4v) is 1.33. The molecule has 1 aromatic rings. The quantitative estimate of drug-likeness (QED) is 0.541. The molecule has 0 aliphatic heterocycles. The van der Waals surface area contributed by atoms with E-state index in [0.29, 0.717) is 10.6 Å². The summed E-state index contributed by atoms with van der Waals surface area (Å²) < 4.78 is 0. The van der Waals surface area contributed by atoms with E-state index in [2.05, 4.69) is 0 Å².